The van der Waals surface area contributed by atoms with Gasteiger partial charge >= 0.3 is 5.97 Å². The smallest absolute Gasteiger partial charge is 0.339 e. The zero-order valence-electron chi connectivity index (χ0n) is 5.69. The van der Waals surface area contributed by atoms with Crippen LogP contribution in [0.4, 0.5) is 0 Å². The van der Waals surface area contributed by atoms with E-state index in [2.05, 4.69) is 5.73 Å². The predicted molar refractivity (Wildman–Crippen MR) is 35.9 cm³/mol. The lowest BCUT2D eigenvalue weighted by molar-refractivity contribution is -0.167. The molecule has 0 fully saturated rings. The van der Waals surface area contributed by atoms with Crippen LogP contribution < -0.4 is 0 Å². The molecule has 0 bridgehead atoms. The van der Waals surface area contributed by atoms with Gasteiger partial charge in [0.2, 0.25) is 0 Å². The van der Waals surface area contributed by atoms with Crippen LogP contribution in [-0.4, -0.2) is 33.0 Å². The standard InChI is InChI=1S/C7H8O4/c8-5-3-1-2-4-7(5,11)6(9)10/h2-3,5,8,11H,4H2,(H,9,10)/t5-,7-/m0/s1. The topological polar surface area (TPSA) is 77.8 Å². The minimum absolute atomic E-state index is 0.111. The highest BCUT2D eigenvalue weighted by Crippen LogP contribution is 2.20. The molecule has 1 rings (SSSR count). The molecule has 3 N–H and O–H groups in total. The molecule has 0 saturated heterocycles. The highest BCUT2D eigenvalue weighted by Gasteiger charge is 2.42. The molecule has 0 spiro atoms. The number of aliphatic carboxylic acids is 1. The highest BCUT2D eigenvalue weighted by atomic mass is 16.4. The number of aliphatic hydroxyl groups excluding tert-OH is 1. The van der Waals surface area contributed by atoms with E-state index in [0.717, 1.165) is 6.08 Å². The van der Waals surface area contributed by atoms with Crippen molar-refractivity contribution in [1.82, 2.24) is 0 Å². The lowest BCUT2D eigenvalue weighted by atomic mass is 9.90. The lowest BCUT2D eigenvalue weighted by Gasteiger charge is -2.26. The average Bonchev–Trinajstić information content (AvgIpc) is 1.95. The third kappa shape index (κ3) is 1.19. The number of aliphatic hydroxyl groups is 2. The molecule has 0 heterocycles. The number of carboxylic acids is 1. The Bertz CT molecular complexity index is 239. The first kappa shape index (κ1) is 8.01. The van der Waals surface area contributed by atoms with Gasteiger partial charge in [0.15, 0.2) is 5.60 Å². The normalized spacial score (nSPS) is 35.6. The molecular weight excluding hydrogens is 148 g/mol. The molecule has 0 aromatic carbocycles. The predicted octanol–water partition coefficient (Wildman–Crippen LogP) is -0.722. The van der Waals surface area contributed by atoms with Crippen LogP contribution >= 0.6 is 0 Å². The van der Waals surface area contributed by atoms with Crippen LogP contribution in [0, 0.1) is 0 Å². The molecule has 4 nitrogen and oxygen atoms in total. The maximum atomic E-state index is 10.4. The molecule has 1 aliphatic carbocycles. The average molecular weight is 156 g/mol. The second kappa shape index (κ2) is 2.51. The fraction of sp³-hybridized carbons (Fsp3) is 0.429. The summed E-state index contributed by atoms with van der Waals surface area (Å²) < 4.78 is 0. The molecule has 1 aliphatic rings. The monoisotopic (exact) mass is 156 g/mol. The largest absolute Gasteiger partial charge is 0.479 e. The summed E-state index contributed by atoms with van der Waals surface area (Å²) in [7, 11) is 0. The van der Waals surface area contributed by atoms with Gasteiger partial charge in [-0.05, 0) is 12.2 Å². The van der Waals surface area contributed by atoms with Gasteiger partial charge in [0.05, 0.1) is 0 Å². The van der Waals surface area contributed by atoms with Crippen molar-refractivity contribution in [2.75, 3.05) is 0 Å². The van der Waals surface area contributed by atoms with E-state index in [9.17, 15) is 9.90 Å². The molecule has 0 amide bonds. The second-order valence-corrected chi connectivity index (χ2v) is 2.42. The number of carboxylic acid groups (broad SMARTS) is 1. The van der Waals surface area contributed by atoms with Gasteiger partial charge in [0, 0.05) is 6.42 Å². The minimum atomic E-state index is -2.06. The van der Waals surface area contributed by atoms with Gasteiger partial charge in [-0.3, -0.25) is 0 Å². The first-order valence-corrected chi connectivity index (χ1v) is 3.12. The molecule has 0 unspecified atom stereocenters. The van der Waals surface area contributed by atoms with Crippen molar-refractivity contribution in [2.45, 2.75) is 18.1 Å². The summed E-state index contributed by atoms with van der Waals surface area (Å²) in [6.07, 6.45) is 1.02. The van der Waals surface area contributed by atoms with Crippen LogP contribution in [0.5, 0.6) is 0 Å². The SMILES string of the molecule is O=C(O)[C@]1(O)CC=C=C[C@@H]1O. The summed E-state index contributed by atoms with van der Waals surface area (Å²) in [5, 5.41) is 26.8. The first-order valence-electron chi connectivity index (χ1n) is 3.12. The van der Waals surface area contributed by atoms with Crippen LogP contribution in [0.25, 0.3) is 0 Å². The number of carbonyl (C=O) groups is 1. The molecule has 0 saturated carbocycles. The summed E-state index contributed by atoms with van der Waals surface area (Å²) in [6.45, 7) is 0. The van der Waals surface area contributed by atoms with Crippen molar-refractivity contribution in [2.24, 2.45) is 0 Å². The Morgan fingerprint density at radius 1 is 1.73 bits per heavy atom. The summed E-state index contributed by atoms with van der Waals surface area (Å²) in [5.41, 5.74) is 0.457. The van der Waals surface area contributed by atoms with E-state index in [1.165, 1.54) is 6.08 Å². The maximum absolute atomic E-state index is 10.4. The summed E-state index contributed by atoms with van der Waals surface area (Å²) >= 11 is 0. The van der Waals surface area contributed by atoms with Crippen LogP contribution in [0.15, 0.2) is 17.9 Å². The molecule has 0 aliphatic heterocycles. The Morgan fingerprint density at radius 2 is 2.36 bits per heavy atom. The molecule has 2 atom stereocenters. The molecular formula is C7H8O4. The second-order valence-electron chi connectivity index (χ2n) is 2.42. The zero-order valence-corrected chi connectivity index (χ0v) is 5.69. The third-order valence-electron chi connectivity index (χ3n) is 1.64. The molecule has 0 aromatic rings. The van der Waals surface area contributed by atoms with E-state index in [4.69, 9.17) is 10.2 Å². The Labute approximate surface area is 63.1 Å². The van der Waals surface area contributed by atoms with Crippen LogP contribution in [-0.2, 0) is 4.79 Å². The molecule has 0 radical (unpaired) electrons. The van der Waals surface area contributed by atoms with Gasteiger partial charge in [-0.15, -0.1) is 5.73 Å². The quantitative estimate of drug-likeness (QED) is 0.438. The van der Waals surface area contributed by atoms with E-state index >= 15 is 0 Å². The molecule has 4 heteroatoms. The van der Waals surface area contributed by atoms with Gasteiger partial charge in [-0.25, -0.2) is 4.79 Å². The summed E-state index contributed by atoms with van der Waals surface area (Å²) in [4.78, 5) is 10.4. The van der Waals surface area contributed by atoms with Gasteiger partial charge in [0.1, 0.15) is 6.10 Å². The third-order valence-corrected chi connectivity index (χ3v) is 1.64. The Hall–Kier alpha value is -1.09. The summed E-state index contributed by atoms with van der Waals surface area (Å²) in [5.74, 6) is -1.42. The van der Waals surface area contributed by atoms with E-state index in [0.29, 0.717) is 0 Å². The Kier molecular flexibility index (Phi) is 1.83. The van der Waals surface area contributed by atoms with Gasteiger partial charge in [-0.1, -0.05) is 0 Å². The number of hydrogen-bond donors (Lipinski definition) is 3. The summed E-state index contributed by atoms with van der Waals surface area (Å²) in [6, 6.07) is 0. The molecule has 11 heavy (non-hydrogen) atoms. The van der Waals surface area contributed by atoms with E-state index in [1.54, 1.807) is 0 Å². The molecule has 0 aromatic heterocycles. The van der Waals surface area contributed by atoms with Crippen molar-refractivity contribution in [3.8, 4) is 0 Å². The number of hydrogen-bond acceptors (Lipinski definition) is 3. The van der Waals surface area contributed by atoms with Crippen molar-refractivity contribution in [1.29, 1.82) is 0 Å². The van der Waals surface area contributed by atoms with Crippen LogP contribution in [0.3, 0.4) is 0 Å². The Morgan fingerprint density at radius 3 is 2.73 bits per heavy atom. The van der Waals surface area contributed by atoms with Crippen molar-refractivity contribution < 1.29 is 20.1 Å². The van der Waals surface area contributed by atoms with Crippen molar-refractivity contribution >= 4 is 5.97 Å². The number of rotatable bonds is 1. The van der Waals surface area contributed by atoms with Gasteiger partial charge in [-0.2, -0.15) is 0 Å². The maximum Gasteiger partial charge on any atom is 0.339 e. The first-order chi connectivity index (χ1) is 5.07. The van der Waals surface area contributed by atoms with Gasteiger partial charge in [0.25, 0.3) is 0 Å². The fourth-order valence-electron chi connectivity index (χ4n) is 0.846. The highest BCUT2D eigenvalue weighted by molar-refractivity contribution is 5.79. The fourth-order valence-corrected chi connectivity index (χ4v) is 0.846. The van der Waals surface area contributed by atoms with Crippen molar-refractivity contribution in [3.05, 3.63) is 17.9 Å². The Balaban J connectivity index is 2.91. The minimum Gasteiger partial charge on any atom is -0.479 e. The van der Waals surface area contributed by atoms with Crippen LogP contribution in [0.2, 0.25) is 0 Å². The van der Waals surface area contributed by atoms with Crippen LogP contribution in [0.1, 0.15) is 6.42 Å². The molecule has 60 valence electrons. The van der Waals surface area contributed by atoms with Crippen molar-refractivity contribution in [3.63, 3.8) is 0 Å². The lowest BCUT2D eigenvalue weighted by Crippen LogP contribution is -2.49. The zero-order chi connectivity index (χ0) is 8.48. The van der Waals surface area contributed by atoms with E-state index in [1.807, 2.05) is 0 Å². The van der Waals surface area contributed by atoms with E-state index < -0.39 is 17.7 Å². The van der Waals surface area contributed by atoms with Gasteiger partial charge < -0.3 is 15.3 Å². The van der Waals surface area contributed by atoms with E-state index in [-0.39, 0.29) is 6.42 Å².